The Kier molecular flexibility index (Phi) is 4.28. The average Bonchev–Trinajstić information content (AvgIpc) is 2.16. The molecule has 0 saturated heterocycles. The van der Waals surface area contributed by atoms with Gasteiger partial charge in [0.15, 0.2) is 10.3 Å². The van der Waals surface area contributed by atoms with Gasteiger partial charge >= 0.3 is 29.6 Å². The molecular formula is C9H7N2NaO3S. The van der Waals surface area contributed by atoms with E-state index in [9.17, 15) is 13.0 Å². The van der Waals surface area contributed by atoms with Crippen LogP contribution in [0.1, 0.15) is 0 Å². The van der Waals surface area contributed by atoms with Gasteiger partial charge in [-0.25, -0.2) is 8.42 Å². The van der Waals surface area contributed by atoms with Crippen LogP contribution >= 0.6 is 0 Å². The van der Waals surface area contributed by atoms with E-state index in [0.29, 0.717) is 5.39 Å². The summed E-state index contributed by atoms with van der Waals surface area (Å²) in [5.41, 5.74) is 0.268. The predicted molar refractivity (Wildman–Crippen MR) is 55.1 cm³/mol. The molecule has 16 heavy (non-hydrogen) atoms. The minimum Gasteiger partial charge on any atom is -0.731 e. The Morgan fingerprint density at radius 3 is 2.69 bits per heavy atom. The molecule has 5 nitrogen and oxygen atoms in total. The van der Waals surface area contributed by atoms with Gasteiger partial charge in [-0.05, 0) is 12.1 Å². The summed E-state index contributed by atoms with van der Waals surface area (Å²) in [6.07, 6.45) is 3.13. The van der Waals surface area contributed by atoms with Crippen molar-refractivity contribution in [2.75, 3.05) is 4.72 Å². The zero-order chi connectivity index (χ0) is 10.9. The number of nitrogens with one attached hydrogen (secondary N) is 1. The van der Waals surface area contributed by atoms with Crippen LogP contribution < -0.4 is 34.3 Å². The zero-order valence-corrected chi connectivity index (χ0v) is 11.4. The Balaban J connectivity index is 0.00000128. The first kappa shape index (κ1) is 13.4. The second-order valence-corrected chi connectivity index (χ2v) is 4.07. The first-order valence-electron chi connectivity index (χ1n) is 4.13. The Morgan fingerprint density at radius 1 is 1.25 bits per heavy atom. The molecule has 1 N–H and O–H groups in total. The van der Waals surface area contributed by atoms with E-state index in [4.69, 9.17) is 0 Å². The van der Waals surface area contributed by atoms with Crippen molar-refractivity contribution in [3.8, 4) is 0 Å². The van der Waals surface area contributed by atoms with Crippen LogP contribution in [0.3, 0.4) is 0 Å². The standard InChI is InChI=1S/C9H8N2O3S.Na/c12-15(13,14)11-9-3-1-2-7-6-10-5-4-8(7)9;/h1-6,11H,(H,12,13,14);/q;+1/p-1. The number of hydrogen-bond donors (Lipinski definition) is 1. The van der Waals surface area contributed by atoms with Crippen molar-refractivity contribution in [1.82, 2.24) is 4.98 Å². The summed E-state index contributed by atoms with van der Waals surface area (Å²) in [5.74, 6) is 0. The fourth-order valence-corrected chi connectivity index (χ4v) is 1.79. The summed E-state index contributed by atoms with van der Waals surface area (Å²) >= 11 is 0. The van der Waals surface area contributed by atoms with Gasteiger partial charge in [0.1, 0.15) is 0 Å². The van der Waals surface area contributed by atoms with Gasteiger partial charge in [0.05, 0.1) is 5.69 Å². The first-order valence-corrected chi connectivity index (χ1v) is 5.53. The van der Waals surface area contributed by atoms with Crippen molar-refractivity contribution in [1.29, 1.82) is 0 Å². The quantitative estimate of drug-likeness (QED) is 0.496. The molecule has 0 unspecified atom stereocenters. The van der Waals surface area contributed by atoms with Gasteiger partial charge in [0, 0.05) is 23.2 Å². The van der Waals surface area contributed by atoms with Crippen LogP contribution in [0.4, 0.5) is 5.69 Å². The SMILES string of the molecule is O=S(=O)([O-])Nc1cccc2cnccc12.[Na+]. The largest absolute Gasteiger partial charge is 1.00 e. The van der Waals surface area contributed by atoms with E-state index in [1.807, 2.05) is 4.72 Å². The Morgan fingerprint density at radius 2 is 2.00 bits per heavy atom. The molecule has 0 saturated carbocycles. The van der Waals surface area contributed by atoms with Gasteiger partial charge in [-0.1, -0.05) is 12.1 Å². The van der Waals surface area contributed by atoms with E-state index in [-0.39, 0.29) is 35.2 Å². The minimum atomic E-state index is -4.49. The van der Waals surface area contributed by atoms with Gasteiger partial charge in [-0.3, -0.25) is 9.71 Å². The molecule has 1 aromatic carbocycles. The maximum atomic E-state index is 10.6. The van der Waals surface area contributed by atoms with Crippen molar-refractivity contribution in [2.45, 2.75) is 0 Å². The summed E-state index contributed by atoms with van der Waals surface area (Å²) in [7, 11) is -4.49. The molecule has 0 aliphatic rings. The predicted octanol–water partition coefficient (Wildman–Crippen LogP) is -1.89. The van der Waals surface area contributed by atoms with Crippen molar-refractivity contribution < 1.29 is 42.5 Å². The summed E-state index contributed by atoms with van der Waals surface area (Å²) in [6, 6.07) is 6.60. The summed E-state index contributed by atoms with van der Waals surface area (Å²) in [5, 5.41) is 1.41. The Hall–Kier alpha value is -0.660. The number of pyridine rings is 1. The number of nitrogens with zero attached hydrogens (tertiary/aromatic N) is 1. The number of aromatic nitrogens is 1. The average molecular weight is 246 g/mol. The van der Waals surface area contributed by atoms with Crippen molar-refractivity contribution in [3.63, 3.8) is 0 Å². The molecule has 7 heteroatoms. The fourth-order valence-electron chi connectivity index (χ4n) is 1.35. The molecule has 2 rings (SSSR count). The third-order valence-electron chi connectivity index (χ3n) is 1.92. The number of fused-ring (bicyclic) bond motifs is 1. The van der Waals surface area contributed by atoms with Crippen molar-refractivity contribution in [2.24, 2.45) is 0 Å². The van der Waals surface area contributed by atoms with E-state index in [2.05, 4.69) is 4.98 Å². The van der Waals surface area contributed by atoms with Gasteiger partial charge in [-0.15, -0.1) is 0 Å². The third-order valence-corrected chi connectivity index (χ3v) is 2.39. The monoisotopic (exact) mass is 246 g/mol. The molecule has 1 aromatic heterocycles. The molecule has 0 spiro atoms. The van der Waals surface area contributed by atoms with Crippen LogP contribution in [-0.2, 0) is 10.3 Å². The summed E-state index contributed by atoms with van der Waals surface area (Å²) in [6.45, 7) is 0. The number of anilines is 1. The molecule has 2 aromatic rings. The number of hydrogen-bond acceptors (Lipinski definition) is 4. The molecule has 0 aliphatic carbocycles. The second kappa shape index (κ2) is 5.11. The molecule has 78 valence electrons. The van der Waals surface area contributed by atoms with Gasteiger partial charge < -0.3 is 4.55 Å². The molecule has 0 bridgehead atoms. The first-order chi connectivity index (χ1) is 7.06. The molecule has 0 amide bonds. The Bertz CT molecular complexity index is 595. The second-order valence-electron chi connectivity index (χ2n) is 2.96. The van der Waals surface area contributed by atoms with E-state index < -0.39 is 10.3 Å². The van der Waals surface area contributed by atoms with Crippen LogP contribution in [0.2, 0.25) is 0 Å². The van der Waals surface area contributed by atoms with Crippen LogP contribution in [0, 0.1) is 0 Å². The van der Waals surface area contributed by atoms with Gasteiger partial charge in [0.25, 0.3) is 0 Å². The van der Waals surface area contributed by atoms with Crippen molar-refractivity contribution in [3.05, 3.63) is 36.7 Å². The van der Waals surface area contributed by atoms with E-state index in [0.717, 1.165) is 5.39 Å². The summed E-state index contributed by atoms with van der Waals surface area (Å²) in [4.78, 5) is 3.90. The number of benzene rings is 1. The molecule has 1 heterocycles. The molecule has 0 aliphatic heterocycles. The normalized spacial score (nSPS) is 10.8. The topological polar surface area (TPSA) is 82.1 Å². The Labute approximate surface area is 115 Å². The van der Waals surface area contributed by atoms with E-state index in [1.54, 1.807) is 24.4 Å². The van der Waals surface area contributed by atoms with Crippen LogP contribution in [0.5, 0.6) is 0 Å². The zero-order valence-electron chi connectivity index (χ0n) is 8.54. The molecule has 0 atom stereocenters. The smallest absolute Gasteiger partial charge is 0.731 e. The molecular weight excluding hydrogens is 239 g/mol. The van der Waals surface area contributed by atoms with Crippen LogP contribution in [0.25, 0.3) is 10.8 Å². The molecule has 0 fully saturated rings. The van der Waals surface area contributed by atoms with Gasteiger partial charge in [-0.2, -0.15) is 0 Å². The number of rotatable bonds is 2. The van der Waals surface area contributed by atoms with Crippen LogP contribution in [0.15, 0.2) is 36.7 Å². The van der Waals surface area contributed by atoms with Gasteiger partial charge in [0.2, 0.25) is 0 Å². The van der Waals surface area contributed by atoms with Crippen LogP contribution in [-0.4, -0.2) is 18.0 Å². The minimum absolute atomic E-state index is 0. The van der Waals surface area contributed by atoms with E-state index >= 15 is 0 Å². The third kappa shape index (κ3) is 3.16. The maximum Gasteiger partial charge on any atom is 1.00 e. The fraction of sp³-hybridized carbons (Fsp3) is 0. The summed E-state index contributed by atoms with van der Waals surface area (Å²) < 4.78 is 33.6. The molecule has 0 radical (unpaired) electrons. The van der Waals surface area contributed by atoms with Crippen molar-refractivity contribution >= 4 is 26.8 Å². The maximum absolute atomic E-state index is 10.6. The van der Waals surface area contributed by atoms with E-state index in [1.165, 1.54) is 12.3 Å².